The highest BCUT2D eigenvalue weighted by atomic mass is 31.1. The number of aliphatic hydroxyl groups is 1. The molecule has 4 rings (SSSR count). The first-order chi connectivity index (χ1) is 17.5. The lowest BCUT2D eigenvalue weighted by Gasteiger charge is -2.24. The Labute approximate surface area is 209 Å². The van der Waals surface area contributed by atoms with Crippen LogP contribution in [0.2, 0.25) is 0 Å². The number of carbonyl (C=O) groups excluding carboxylic acids is 1. The molecular weight excluding hydrogens is 514 g/mol. The number of aromatic amines is 1. The van der Waals surface area contributed by atoms with E-state index in [2.05, 4.69) is 24.4 Å². The third-order valence-electron chi connectivity index (χ3n) is 5.66. The number of nitrogens with zero attached hydrogens (tertiary/aromatic N) is 4. The van der Waals surface area contributed by atoms with Gasteiger partial charge in [0.15, 0.2) is 34.9 Å². The first-order valence-corrected chi connectivity index (χ1v) is 12.1. The zero-order valence-electron chi connectivity index (χ0n) is 19.9. The molecule has 16 heteroatoms. The zero-order valence-corrected chi connectivity index (χ0v) is 20.8. The Morgan fingerprint density at radius 3 is 2.86 bits per heavy atom. The van der Waals surface area contributed by atoms with Gasteiger partial charge in [-0.15, -0.1) is 0 Å². The molecule has 3 unspecified atom stereocenters. The summed E-state index contributed by atoms with van der Waals surface area (Å²) < 4.78 is 41.9. The summed E-state index contributed by atoms with van der Waals surface area (Å²) in [6, 6.07) is 5.15. The number of halogens is 1. The molecule has 0 bridgehead atoms. The molecule has 3 aromatic rings. The van der Waals surface area contributed by atoms with Crippen LogP contribution < -0.4 is 25.4 Å². The van der Waals surface area contributed by atoms with Crippen LogP contribution in [0.3, 0.4) is 0 Å². The second-order valence-corrected chi connectivity index (χ2v) is 9.19. The van der Waals surface area contributed by atoms with E-state index in [9.17, 15) is 19.6 Å². The summed E-state index contributed by atoms with van der Waals surface area (Å²) in [7, 11) is -1.47. The smallest absolute Gasteiger partial charge is 0.395 e. The van der Waals surface area contributed by atoms with Crippen molar-refractivity contribution in [3.05, 3.63) is 40.9 Å². The fraction of sp³-hybridized carbons (Fsp3) is 0.429. The van der Waals surface area contributed by atoms with E-state index < -0.39 is 49.8 Å². The number of nitrogens with two attached hydrogens (primary N) is 1. The summed E-state index contributed by atoms with van der Waals surface area (Å²) in [5.41, 5.74) is 2.58. The lowest BCUT2D eigenvalue weighted by molar-refractivity contribution is -0.169. The standard InChI is InChI=1S/C21H24FN6O8P/c1-10(18(31)33-3)27-37(32)36-12-7-5-4-6-11(12)34-8-13-15(29)21(2,22)19(35-13)28-9-24-14-16(28)25-20(23)26-17(14)30/h4-7,9-10,13,15,19,29H,8H2,1-3H3,(H3,23,25,26,30)/t10?,13-,15-,19?,21-/m1/s1. The first-order valence-electron chi connectivity index (χ1n) is 10.9. The van der Waals surface area contributed by atoms with Gasteiger partial charge in [0, 0.05) is 0 Å². The third-order valence-corrected chi connectivity index (χ3v) is 6.55. The van der Waals surface area contributed by atoms with E-state index in [4.69, 9.17) is 19.7 Å². The molecule has 0 spiro atoms. The maximum absolute atomic E-state index is 15.7. The molecule has 3 heterocycles. The SMILES string of the molecule is COC(=O)C(C)N=[P+]([O-])Oc1ccccc1OC[C@H]1OC(n2cnc3c(=O)[nH]c(N)nc32)[C@](C)(F)[C@@H]1O. The highest BCUT2D eigenvalue weighted by molar-refractivity contribution is 7.34. The van der Waals surface area contributed by atoms with Gasteiger partial charge in [0.2, 0.25) is 11.7 Å². The number of benzene rings is 1. The zero-order chi connectivity index (χ0) is 26.9. The number of fused-ring (bicyclic) bond motifs is 1. The minimum atomic E-state index is -2.65. The monoisotopic (exact) mass is 538 g/mol. The number of anilines is 1. The Morgan fingerprint density at radius 1 is 1.46 bits per heavy atom. The van der Waals surface area contributed by atoms with Gasteiger partial charge in [0.1, 0.15) is 18.8 Å². The molecule has 1 aliphatic heterocycles. The number of hydrogen-bond donors (Lipinski definition) is 3. The quantitative estimate of drug-likeness (QED) is 0.267. The number of rotatable bonds is 8. The third kappa shape index (κ3) is 5.25. The van der Waals surface area contributed by atoms with Crippen molar-refractivity contribution in [3.63, 3.8) is 0 Å². The van der Waals surface area contributed by atoms with Gasteiger partial charge < -0.3 is 29.9 Å². The maximum atomic E-state index is 15.7. The molecule has 0 radical (unpaired) electrons. The number of hydrogen-bond acceptors (Lipinski definition) is 12. The molecule has 6 atom stereocenters. The number of para-hydroxylation sites is 2. The fourth-order valence-electron chi connectivity index (χ4n) is 3.75. The van der Waals surface area contributed by atoms with E-state index >= 15 is 4.39 Å². The molecule has 0 saturated carbocycles. The number of imidazole rings is 1. The van der Waals surface area contributed by atoms with Crippen molar-refractivity contribution in [2.45, 2.75) is 44.0 Å². The van der Waals surface area contributed by atoms with Crippen LogP contribution in [0, 0.1) is 0 Å². The summed E-state index contributed by atoms with van der Waals surface area (Å²) in [5, 5.41) is 10.7. The number of alkyl halides is 1. The van der Waals surface area contributed by atoms with Gasteiger partial charge in [0.05, 0.1) is 13.4 Å². The van der Waals surface area contributed by atoms with Gasteiger partial charge in [0.25, 0.3) is 5.56 Å². The molecule has 1 aliphatic rings. The number of nitrogen functional groups attached to an aromatic ring is 1. The normalized spacial score (nSPS) is 24.7. The maximum Gasteiger partial charge on any atom is 0.395 e. The molecule has 1 saturated heterocycles. The summed E-state index contributed by atoms with van der Waals surface area (Å²) in [4.78, 5) is 46.1. The number of H-pyrrole nitrogens is 1. The van der Waals surface area contributed by atoms with Gasteiger partial charge in [-0.05, 0) is 26.0 Å². The highest BCUT2D eigenvalue weighted by Crippen LogP contribution is 2.43. The summed E-state index contributed by atoms with van der Waals surface area (Å²) in [6.07, 6.45) is -3.05. The van der Waals surface area contributed by atoms with Crippen molar-refractivity contribution in [1.29, 1.82) is 0 Å². The van der Waals surface area contributed by atoms with E-state index in [0.29, 0.717) is 0 Å². The summed E-state index contributed by atoms with van der Waals surface area (Å²) in [5.74, 6) is -0.724. The lowest BCUT2D eigenvalue weighted by Crippen LogP contribution is -2.41. The van der Waals surface area contributed by atoms with Crippen molar-refractivity contribution in [1.82, 2.24) is 19.5 Å². The Hall–Kier alpha value is -3.65. The topological polar surface area (TPSA) is 199 Å². The number of aromatic nitrogens is 4. The van der Waals surface area contributed by atoms with Crippen molar-refractivity contribution >= 4 is 31.2 Å². The van der Waals surface area contributed by atoms with E-state index in [0.717, 1.165) is 6.92 Å². The highest BCUT2D eigenvalue weighted by Gasteiger charge is 2.55. The molecule has 0 amide bonds. The van der Waals surface area contributed by atoms with Crippen LogP contribution >= 0.6 is 8.17 Å². The molecule has 0 aliphatic carbocycles. The Bertz CT molecular complexity index is 1390. The summed E-state index contributed by atoms with van der Waals surface area (Å²) >= 11 is 0. The molecule has 37 heavy (non-hydrogen) atoms. The van der Waals surface area contributed by atoms with E-state index in [-0.39, 0.29) is 35.2 Å². The first kappa shape index (κ1) is 26.4. The van der Waals surface area contributed by atoms with Gasteiger partial charge in [-0.25, -0.2) is 14.2 Å². The molecule has 14 nitrogen and oxygen atoms in total. The van der Waals surface area contributed by atoms with Gasteiger partial charge in [-0.2, -0.15) is 4.98 Å². The Balaban J connectivity index is 1.51. The van der Waals surface area contributed by atoms with Gasteiger partial charge in [-0.1, -0.05) is 16.9 Å². The molecule has 198 valence electrons. The minimum Gasteiger partial charge on any atom is -0.575 e. The number of carbonyl (C=O) groups is 1. The fourth-order valence-corrected chi connectivity index (χ4v) is 4.49. The Kier molecular flexibility index (Phi) is 7.41. The number of methoxy groups -OCH3 is 1. The van der Waals surface area contributed by atoms with Crippen LogP contribution in [0.25, 0.3) is 11.2 Å². The van der Waals surface area contributed by atoms with Crippen molar-refractivity contribution < 1.29 is 37.9 Å². The number of aliphatic hydroxyl groups excluding tert-OH is 1. The van der Waals surface area contributed by atoms with E-state index in [1.54, 1.807) is 12.1 Å². The second-order valence-electron chi connectivity index (χ2n) is 8.30. The van der Waals surface area contributed by atoms with Crippen molar-refractivity contribution in [2.75, 3.05) is 19.5 Å². The van der Waals surface area contributed by atoms with Crippen LogP contribution in [-0.4, -0.2) is 68.2 Å². The average Bonchev–Trinajstić information content (AvgIpc) is 3.36. The van der Waals surface area contributed by atoms with Gasteiger partial charge >= 0.3 is 14.1 Å². The minimum absolute atomic E-state index is 0.0172. The predicted octanol–water partition coefficient (Wildman–Crippen LogP) is 0.563. The van der Waals surface area contributed by atoms with Crippen LogP contribution in [0.1, 0.15) is 20.1 Å². The van der Waals surface area contributed by atoms with Gasteiger partial charge in [-0.3, -0.25) is 18.9 Å². The van der Waals surface area contributed by atoms with Crippen LogP contribution in [0.4, 0.5) is 10.3 Å². The molecule has 4 N–H and O–H groups in total. The molecule has 1 fully saturated rings. The lowest BCUT2D eigenvalue weighted by atomic mass is 9.98. The molecular formula is C21H24FN6O8P. The predicted molar refractivity (Wildman–Crippen MR) is 125 cm³/mol. The molecule has 2 aromatic heterocycles. The number of esters is 1. The number of ether oxygens (including phenoxy) is 3. The largest absolute Gasteiger partial charge is 0.575 e. The van der Waals surface area contributed by atoms with Crippen molar-refractivity contribution in [2.24, 2.45) is 4.74 Å². The van der Waals surface area contributed by atoms with Crippen LogP contribution in [0.15, 0.2) is 40.1 Å². The Morgan fingerprint density at radius 2 is 2.16 bits per heavy atom. The van der Waals surface area contributed by atoms with E-state index in [1.807, 2.05) is 0 Å². The molecule has 1 aromatic carbocycles. The summed E-state index contributed by atoms with van der Waals surface area (Å²) in [6.45, 7) is 2.21. The average molecular weight is 538 g/mol. The van der Waals surface area contributed by atoms with E-state index in [1.165, 1.54) is 37.1 Å². The van der Waals surface area contributed by atoms with Crippen LogP contribution in [-0.2, 0) is 14.3 Å². The number of nitrogens with one attached hydrogen (secondary N) is 1. The van der Waals surface area contributed by atoms with Crippen LogP contribution in [0.5, 0.6) is 11.5 Å². The second kappa shape index (κ2) is 10.4. The van der Waals surface area contributed by atoms with Crippen molar-refractivity contribution in [3.8, 4) is 11.5 Å².